The van der Waals surface area contributed by atoms with Crippen molar-refractivity contribution in [2.24, 2.45) is 11.8 Å². The van der Waals surface area contributed by atoms with E-state index in [-0.39, 0.29) is 0 Å². The zero-order valence-corrected chi connectivity index (χ0v) is 15.0. The first-order chi connectivity index (χ1) is 11.7. The highest BCUT2D eigenvalue weighted by molar-refractivity contribution is 5.67. The molecule has 3 rings (SSSR count). The van der Waals surface area contributed by atoms with E-state index in [0.717, 1.165) is 12.5 Å². The summed E-state index contributed by atoms with van der Waals surface area (Å²) in [4.78, 5) is 2.66. The fourth-order valence-electron chi connectivity index (χ4n) is 3.75. The van der Waals surface area contributed by atoms with Gasteiger partial charge in [-0.2, -0.15) is 0 Å². The molecule has 2 nitrogen and oxygen atoms in total. The third-order valence-electron chi connectivity index (χ3n) is 4.80. The first-order valence-corrected chi connectivity index (χ1v) is 9.29. The molecule has 1 heterocycles. The molecule has 1 N–H and O–H groups in total. The van der Waals surface area contributed by atoms with Crippen LogP contribution in [0.5, 0.6) is 0 Å². The van der Waals surface area contributed by atoms with Crippen molar-refractivity contribution in [3.05, 3.63) is 60.2 Å². The van der Waals surface area contributed by atoms with Crippen molar-refractivity contribution in [2.75, 3.05) is 26.2 Å². The minimum Gasteiger partial charge on any atom is -0.316 e. The van der Waals surface area contributed by atoms with Gasteiger partial charge in [-0.25, -0.2) is 0 Å². The van der Waals surface area contributed by atoms with Crippen molar-refractivity contribution in [1.82, 2.24) is 10.2 Å². The summed E-state index contributed by atoms with van der Waals surface area (Å²) in [6.07, 6.45) is 1.31. The second kappa shape index (κ2) is 8.46. The van der Waals surface area contributed by atoms with Gasteiger partial charge in [0, 0.05) is 19.6 Å². The summed E-state index contributed by atoms with van der Waals surface area (Å²) in [5, 5.41) is 3.51. The highest BCUT2D eigenvalue weighted by atomic mass is 15.1. The van der Waals surface area contributed by atoms with E-state index in [2.05, 4.69) is 78.7 Å². The molecule has 0 bridgehead atoms. The minimum absolute atomic E-state index is 0.697. The van der Waals surface area contributed by atoms with Crippen molar-refractivity contribution in [3.8, 4) is 11.1 Å². The largest absolute Gasteiger partial charge is 0.316 e. The van der Waals surface area contributed by atoms with Gasteiger partial charge in [0.2, 0.25) is 0 Å². The third kappa shape index (κ3) is 4.68. The average molecular weight is 322 g/mol. The molecule has 0 unspecified atom stereocenters. The Hall–Kier alpha value is -1.64. The fourth-order valence-corrected chi connectivity index (χ4v) is 3.75. The van der Waals surface area contributed by atoms with Gasteiger partial charge in [0.25, 0.3) is 0 Å². The van der Waals surface area contributed by atoms with Crippen LogP contribution in [0.4, 0.5) is 0 Å². The minimum atomic E-state index is 0.697. The summed E-state index contributed by atoms with van der Waals surface area (Å²) < 4.78 is 0. The van der Waals surface area contributed by atoms with Crippen LogP contribution in [0.25, 0.3) is 11.1 Å². The van der Waals surface area contributed by atoms with Crippen LogP contribution in [0, 0.1) is 11.8 Å². The van der Waals surface area contributed by atoms with Crippen LogP contribution in [0.1, 0.15) is 25.8 Å². The fraction of sp³-hybridized carbons (Fsp3) is 0.455. The maximum absolute atomic E-state index is 3.51. The van der Waals surface area contributed by atoms with Gasteiger partial charge in [-0.1, -0.05) is 68.4 Å². The van der Waals surface area contributed by atoms with Crippen molar-refractivity contribution in [3.63, 3.8) is 0 Å². The van der Waals surface area contributed by atoms with Gasteiger partial charge >= 0.3 is 0 Å². The second-order valence-electron chi connectivity index (χ2n) is 7.47. The number of benzene rings is 2. The molecule has 1 saturated heterocycles. The van der Waals surface area contributed by atoms with Gasteiger partial charge in [0.15, 0.2) is 0 Å². The van der Waals surface area contributed by atoms with E-state index in [9.17, 15) is 0 Å². The standard InChI is InChI=1S/C22H30N2/c1-18(2)15-24(16-19-12-13-23-14-19)17-21-10-6-7-11-22(21)20-8-4-3-5-9-20/h3-11,18-19,23H,12-17H2,1-2H3/t19-/m0/s1. The monoisotopic (exact) mass is 322 g/mol. The quantitative estimate of drug-likeness (QED) is 0.811. The number of nitrogens with zero attached hydrogens (tertiary/aromatic N) is 1. The van der Waals surface area contributed by atoms with Crippen LogP contribution in [0.3, 0.4) is 0 Å². The molecule has 2 aromatic carbocycles. The molecular formula is C22H30N2. The zero-order chi connectivity index (χ0) is 16.8. The highest BCUT2D eigenvalue weighted by Gasteiger charge is 2.19. The lowest BCUT2D eigenvalue weighted by Crippen LogP contribution is -2.33. The third-order valence-corrected chi connectivity index (χ3v) is 4.80. The van der Waals surface area contributed by atoms with E-state index in [4.69, 9.17) is 0 Å². The van der Waals surface area contributed by atoms with E-state index < -0.39 is 0 Å². The van der Waals surface area contributed by atoms with Crippen LogP contribution >= 0.6 is 0 Å². The smallest absolute Gasteiger partial charge is 0.0240 e. The molecular weight excluding hydrogens is 292 g/mol. The van der Waals surface area contributed by atoms with Crippen LogP contribution in [-0.4, -0.2) is 31.1 Å². The molecule has 1 aliphatic rings. The maximum atomic E-state index is 3.51. The summed E-state index contributed by atoms with van der Waals surface area (Å²) in [5.41, 5.74) is 4.13. The van der Waals surface area contributed by atoms with Crippen molar-refractivity contribution >= 4 is 0 Å². The SMILES string of the molecule is CC(C)CN(Cc1ccccc1-c1ccccc1)C[C@H]1CCNC1. The van der Waals surface area contributed by atoms with Gasteiger partial charge in [-0.15, -0.1) is 0 Å². The van der Waals surface area contributed by atoms with E-state index >= 15 is 0 Å². The highest BCUT2D eigenvalue weighted by Crippen LogP contribution is 2.25. The molecule has 1 fully saturated rings. The van der Waals surface area contributed by atoms with Crippen LogP contribution in [0.2, 0.25) is 0 Å². The molecule has 0 aromatic heterocycles. The normalized spacial score (nSPS) is 17.8. The lowest BCUT2D eigenvalue weighted by atomic mass is 9.98. The predicted octanol–water partition coefficient (Wildman–Crippen LogP) is 4.42. The van der Waals surface area contributed by atoms with Crippen LogP contribution in [0.15, 0.2) is 54.6 Å². The number of rotatable bonds is 7. The van der Waals surface area contributed by atoms with Crippen molar-refractivity contribution < 1.29 is 0 Å². The zero-order valence-electron chi connectivity index (χ0n) is 15.0. The maximum Gasteiger partial charge on any atom is 0.0240 e. The molecule has 24 heavy (non-hydrogen) atoms. The summed E-state index contributed by atoms with van der Waals surface area (Å²) in [5.74, 6) is 1.50. The molecule has 0 radical (unpaired) electrons. The molecule has 0 amide bonds. The Bertz CT molecular complexity index is 615. The molecule has 2 heteroatoms. The first-order valence-electron chi connectivity index (χ1n) is 9.29. The Morgan fingerprint density at radius 3 is 2.50 bits per heavy atom. The average Bonchev–Trinajstić information content (AvgIpc) is 3.08. The van der Waals surface area contributed by atoms with Crippen LogP contribution in [-0.2, 0) is 6.54 Å². The summed E-state index contributed by atoms with van der Waals surface area (Å²) >= 11 is 0. The summed E-state index contributed by atoms with van der Waals surface area (Å²) in [6, 6.07) is 19.7. The van der Waals surface area contributed by atoms with Crippen molar-refractivity contribution in [1.29, 1.82) is 0 Å². The predicted molar refractivity (Wildman–Crippen MR) is 103 cm³/mol. The van der Waals surface area contributed by atoms with E-state index in [1.54, 1.807) is 0 Å². The van der Waals surface area contributed by atoms with Gasteiger partial charge < -0.3 is 5.32 Å². The van der Waals surface area contributed by atoms with Crippen LogP contribution < -0.4 is 5.32 Å². The number of nitrogens with one attached hydrogen (secondary N) is 1. The lowest BCUT2D eigenvalue weighted by Gasteiger charge is -2.28. The number of hydrogen-bond donors (Lipinski definition) is 1. The Morgan fingerprint density at radius 2 is 1.79 bits per heavy atom. The Morgan fingerprint density at radius 1 is 1.04 bits per heavy atom. The molecule has 0 spiro atoms. The lowest BCUT2D eigenvalue weighted by molar-refractivity contribution is 0.206. The Labute approximate surface area is 146 Å². The second-order valence-corrected chi connectivity index (χ2v) is 7.47. The van der Waals surface area contributed by atoms with Crippen molar-refractivity contribution in [2.45, 2.75) is 26.8 Å². The summed E-state index contributed by atoms with van der Waals surface area (Å²) in [6.45, 7) is 10.4. The van der Waals surface area contributed by atoms with Gasteiger partial charge in [0.1, 0.15) is 0 Å². The molecule has 2 aromatic rings. The molecule has 128 valence electrons. The Kier molecular flexibility index (Phi) is 6.06. The molecule has 1 aliphatic heterocycles. The van der Waals surface area contributed by atoms with Gasteiger partial charge in [-0.05, 0) is 48.0 Å². The topological polar surface area (TPSA) is 15.3 Å². The van der Waals surface area contributed by atoms with Gasteiger partial charge in [-0.3, -0.25) is 4.90 Å². The number of hydrogen-bond acceptors (Lipinski definition) is 2. The van der Waals surface area contributed by atoms with E-state index in [1.165, 1.54) is 49.3 Å². The molecule has 0 saturated carbocycles. The molecule has 0 aliphatic carbocycles. The Balaban J connectivity index is 1.78. The van der Waals surface area contributed by atoms with Gasteiger partial charge in [0.05, 0.1) is 0 Å². The van der Waals surface area contributed by atoms with E-state index in [1.807, 2.05) is 0 Å². The first kappa shape index (κ1) is 17.2. The van der Waals surface area contributed by atoms with E-state index in [0.29, 0.717) is 5.92 Å². The summed E-state index contributed by atoms with van der Waals surface area (Å²) in [7, 11) is 0. The molecule has 1 atom stereocenters.